The smallest absolute Gasteiger partial charge is 0.248 e. The van der Waals surface area contributed by atoms with Crippen LogP contribution in [-0.2, 0) is 36.9 Å². The van der Waals surface area contributed by atoms with Crippen LogP contribution in [-0.4, -0.2) is 75.8 Å². The Balaban J connectivity index is 1.81. The van der Waals surface area contributed by atoms with Crippen LogP contribution in [0.1, 0.15) is 49.7 Å². The van der Waals surface area contributed by atoms with E-state index in [0.717, 1.165) is 18.6 Å². The van der Waals surface area contributed by atoms with E-state index in [1.54, 1.807) is 12.1 Å². The summed E-state index contributed by atoms with van der Waals surface area (Å²) in [4.78, 5) is 69.4. The van der Waals surface area contributed by atoms with Gasteiger partial charge in [-0.3, -0.25) is 24.0 Å². The first kappa shape index (κ1) is 26.0. The summed E-state index contributed by atoms with van der Waals surface area (Å²) in [6.07, 6.45) is 3.87. The Morgan fingerprint density at radius 3 is 2.56 bits per heavy atom. The molecular weight excluding hydrogens is 482 g/mol. The number of unbranched alkanes of at least 4 members (excludes halogenated alkanes) is 2. The Morgan fingerprint density at radius 1 is 1.03 bits per heavy atom. The Bertz CT molecular complexity index is 1050. The van der Waals surface area contributed by atoms with Crippen LogP contribution in [0.2, 0.25) is 0 Å². The fourth-order valence-electron chi connectivity index (χ4n) is 5.35. The molecule has 0 spiro atoms. The summed E-state index contributed by atoms with van der Waals surface area (Å²) in [6.45, 7) is 0.348. The molecule has 2 saturated heterocycles. The summed E-state index contributed by atoms with van der Waals surface area (Å²) in [5, 5.41) is 5.50. The van der Waals surface area contributed by atoms with E-state index in [1.165, 1.54) is 9.80 Å². The van der Waals surface area contributed by atoms with E-state index in [4.69, 9.17) is 5.73 Å². The average Bonchev–Trinajstić information content (AvgIpc) is 3.34. The maximum absolute atomic E-state index is 14.0. The van der Waals surface area contributed by atoms with Gasteiger partial charge < -0.3 is 26.2 Å². The molecule has 3 heterocycles. The molecule has 0 aliphatic carbocycles. The highest BCUT2D eigenvalue weighted by molar-refractivity contribution is 7.80. The minimum absolute atomic E-state index is 0.00657. The van der Waals surface area contributed by atoms with Crippen LogP contribution in [0, 0.1) is 0 Å². The quantitative estimate of drug-likeness (QED) is 0.309. The van der Waals surface area contributed by atoms with Gasteiger partial charge in [0, 0.05) is 13.1 Å². The number of amides is 5. The molecule has 11 heteroatoms. The molecule has 0 saturated carbocycles. The van der Waals surface area contributed by atoms with Crippen LogP contribution >= 0.6 is 12.6 Å². The molecule has 0 aromatic heterocycles. The zero-order valence-electron chi connectivity index (χ0n) is 20.2. The number of thiol groups is 1. The van der Waals surface area contributed by atoms with E-state index in [1.807, 2.05) is 12.1 Å². The highest BCUT2D eigenvalue weighted by Gasteiger charge is 2.49. The number of nitrogens with two attached hydrogens (primary N) is 1. The van der Waals surface area contributed by atoms with Crippen molar-refractivity contribution in [3.63, 3.8) is 0 Å². The van der Waals surface area contributed by atoms with E-state index < -0.39 is 47.8 Å². The van der Waals surface area contributed by atoms with Crippen LogP contribution in [0.15, 0.2) is 24.3 Å². The van der Waals surface area contributed by atoms with Gasteiger partial charge in [-0.1, -0.05) is 37.1 Å². The van der Waals surface area contributed by atoms with Gasteiger partial charge in [0.25, 0.3) is 0 Å². The zero-order valence-corrected chi connectivity index (χ0v) is 21.0. The number of hydrogen-bond donors (Lipinski definition) is 4. The number of carbonyl (C=O) groups is 5. The number of primary amides is 1. The topological polar surface area (TPSA) is 142 Å². The Kier molecular flexibility index (Phi) is 8.17. The first-order chi connectivity index (χ1) is 17.3. The maximum Gasteiger partial charge on any atom is 0.248 e. The third-order valence-electron chi connectivity index (χ3n) is 7.12. The summed E-state index contributed by atoms with van der Waals surface area (Å²) >= 11 is 4.24. The van der Waals surface area contributed by atoms with Crippen LogP contribution in [0.3, 0.4) is 0 Å². The van der Waals surface area contributed by atoms with Crippen molar-refractivity contribution < 1.29 is 24.0 Å². The number of rotatable bonds is 6. The van der Waals surface area contributed by atoms with Crippen molar-refractivity contribution in [2.24, 2.45) is 5.73 Å². The second-order valence-electron chi connectivity index (χ2n) is 9.68. The number of fused-ring (bicyclic) bond motifs is 4. The molecule has 4 rings (SSSR count). The van der Waals surface area contributed by atoms with E-state index in [-0.39, 0.29) is 18.9 Å². The lowest BCUT2D eigenvalue weighted by atomic mass is 9.97. The fourth-order valence-corrected chi connectivity index (χ4v) is 5.58. The minimum atomic E-state index is -1.43. The molecule has 1 unspecified atom stereocenters. The van der Waals surface area contributed by atoms with Crippen molar-refractivity contribution in [1.29, 1.82) is 0 Å². The van der Waals surface area contributed by atoms with Gasteiger partial charge in [-0.25, -0.2) is 0 Å². The SMILES string of the molecule is NC(=O)[C@@H]1NC(=O)Cc2cccc(c2)CN2C(=O)[C@H](CCCCCS)NC(=O)[C@H]3CCCN3C(=O)C12. The summed E-state index contributed by atoms with van der Waals surface area (Å²) in [6, 6.07) is 2.78. The predicted octanol–water partition coefficient (Wildman–Crippen LogP) is -0.110. The first-order valence-corrected chi connectivity index (χ1v) is 13.1. The van der Waals surface area contributed by atoms with E-state index in [2.05, 4.69) is 23.3 Å². The molecule has 36 heavy (non-hydrogen) atoms. The number of nitrogens with one attached hydrogen (secondary N) is 2. The summed E-state index contributed by atoms with van der Waals surface area (Å²) in [5.74, 6) is -2.07. The summed E-state index contributed by atoms with van der Waals surface area (Å²) in [5.41, 5.74) is 7.15. The molecule has 4 N–H and O–H groups in total. The molecule has 1 aromatic rings. The largest absolute Gasteiger partial charge is 0.368 e. The lowest BCUT2D eigenvalue weighted by molar-refractivity contribution is -0.151. The van der Waals surface area contributed by atoms with Gasteiger partial charge in [0.15, 0.2) is 0 Å². The number of carbonyl (C=O) groups excluding carboxylic acids is 5. The molecular formula is C25H33N5O5S. The van der Waals surface area contributed by atoms with Crippen molar-refractivity contribution in [2.45, 2.75) is 75.7 Å². The van der Waals surface area contributed by atoms with Crippen LogP contribution < -0.4 is 16.4 Å². The molecule has 2 bridgehead atoms. The van der Waals surface area contributed by atoms with Gasteiger partial charge in [-0.05, 0) is 42.6 Å². The zero-order chi connectivity index (χ0) is 25.8. The number of nitrogens with zero attached hydrogens (tertiary/aromatic N) is 2. The number of benzene rings is 1. The van der Waals surface area contributed by atoms with Gasteiger partial charge in [-0.15, -0.1) is 0 Å². The Hall–Kier alpha value is -3.08. The maximum atomic E-state index is 14.0. The lowest BCUT2D eigenvalue weighted by Crippen LogP contribution is -2.65. The second-order valence-corrected chi connectivity index (χ2v) is 10.1. The molecule has 4 atom stereocenters. The molecule has 5 amide bonds. The standard InChI is InChI=1S/C25H33N5O5S/c26-22(32)20-21-25(35)29-10-5-9-18(29)23(33)27-17(8-2-1-3-11-36)24(34)30(21)14-16-7-4-6-15(12-16)13-19(31)28-20/h4,6-7,12,17-18,20-21,36H,1-3,5,8-11,13-14H2,(H2,26,32)(H,27,33)(H,28,31)/t17-,18+,20+,21?/m0/s1. The highest BCUT2D eigenvalue weighted by atomic mass is 32.1. The Labute approximate surface area is 215 Å². The van der Waals surface area contributed by atoms with Crippen molar-refractivity contribution in [2.75, 3.05) is 12.3 Å². The van der Waals surface area contributed by atoms with Crippen molar-refractivity contribution in [3.05, 3.63) is 35.4 Å². The predicted molar refractivity (Wildman–Crippen MR) is 135 cm³/mol. The fraction of sp³-hybridized carbons (Fsp3) is 0.560. The lowest BCUT2D eigenvalue weighted by Gasteiger charge is -2.38. The Morgan fingerprint density at radius 2 is 1.81 bits per heavy atom. The molecule has 194 valence electrons. The molecule has 3 aliphatic heterocycles. The van der Waals surface area contributed by atoms with E-state index in [0.29, 0.717) is 43.4 Å². The van der Waals surface area contributed by atoms with Crippen molar-refractivity contribution in [1.82, 2.24) is 20.4 Å². The normalized spacial score (nSPS) is 26.7. The molecule has 10 nitrogen and oxygen atoms in total. The van der Waals surface area contributed by atoms with Crippen molar-refractivity contribution in [3.8, 4) is 0 Å². The monoisotopic (exact) mass is 515 g/mol. The van der Waals surface area contributed by atoms with Crippen LogP contribution in [0.25, 0.3) is 0 Å². The summed E-state index contributed by atoms with van der Waals surface area (Å²) < 4.78 is 0. The average molecular weight is 516 g/mol. The molecule has 0 radical (unpaired) electrons. The minimum Gasteiger partial charge on any atom is -0.368 e. The van der Waals surface area contributed by atoms with Gasteiger partial charge in [0.05, 0.1) is 6.42 Å². The van der Waals surface area contributed by atoms with Gasteiger partial charge in [0.1, 0.15) is 24.2 Å². The van der Waals surface area contributed by atoms with Crippen molar-refractivity contribution >= 4 is 42.2 Å². The van der Waals surface area contributed by atoms with E-state index in [9.17, 15) is 24.0 Å². The van der Waals surface area contributed by atoms with Crippen LogP contribution in [0.5, 0.6) is 0 Å². The third kappa shape index (κ3) is 5.50. The first-order valence-electron chi connectivity index (χ1n) is 12.5. The second kappa shape index (κ2) is 11.3. The third-order valence-corrected chi connectivity index (χ3v) is 7.44. The van der Waals surface area contributed by atoms with Gasteiger partial charge in [0.2, 0.25) is 29.5 Å². The van der Waals surface area contributed by atoms with Crippen LogP contribution in [0.4, 0.5) is 0 Å². The highest BCUT2D eigenvalue weighted by Crippen LogP contribution is 2.26. The molecule has 3 aliphatic rings. The molecule has 1 aromatic carbocycles. The van der Waals surface area contributed by atoms with Gasteiger partial charge >= 0.3 is 0 Å². The summed E-state index contributed by atoms with van der Waals surface area (Å²) in [7, 11) is 0. The van der Waals surface area contributed by atoms with Gasteiger partial charge in [-0.2, -0.15) is 12.6 Å². The van der Waals surface area contributed by atoms with E-state index >= 15 is 0 Å². The number of hydrogen-bond acceptors (Lipinski definition) is 6. The molecule has 2 fully saturated rings.